The van der Waals surface area contributed by atoms with Crippen molar-refractivity contribution in [1.29, 1.82) is 5.26 Å². The number of hydrogen-bond acceptors (Lipinski definition) is 2. The molecule has 19 heavy (non-hydrogen) atoms. The van der Waals surface area contributed by atoms with Gasteiger partial charge >= 0.3 is 0 Å². The number of para-hydroxylation sites is 1. The van der Waals surface area contributed by atoms with E-state index in [4.69, 9.17) is 5.26 Å². The summed E-state index contributed by atoms with van der Waals surface area (Å²) in [5.74, 6) is -2.03. The number of amides is 1. The molecule has 1 atom stereocenters. The van der Waals surface area contributed by atoms with E-state index in [0.717, 1.165) is 0 Å². The Kier molecular flexibility index (Phi) is 3.89. The van der Waals surface area contributed by atoms with E-state index in [9.17, 15) is 9.18 Å². The number of halogens is 1. The summed E-state index contributed by atoms with van der Waals surface area (Å²) >= 11 is 0. The van der Waals surface area contributed by atoms with Crippen LogP contribution < -0.4 is 5.32 Å². The van der Waals surface area contributed by atoms with E-state index >= 15 is 0 Å². The second-order valence-corrected chi connectivity index (χ2v) is 3.94. The van der Waals surface area contributed by atoms with E-state index in [1.165, 1.54) is 18.2 Å². The average Bonchev–Trinajstić information content (AvgIpc) is 2.43. The lowest BCUT2D eigenvalue weighted by Crippen LogP contribution is -2.20. The maximum atomic E-state index is 13.4. The van der Waals surface area contributed by atoms with Crippen LogP contribution in [0, 0.1) is 17.1 Å². The Morgan fingerprint density at radius 1 is 1.11 bits per heavy atom. The van der Waals surface area contributed by atoms with Crippen LogP contribution in [0.3, 0.4) is 0 Å². The normalized spacial score (nSPS) is 11.4. The minimum absolute atomic E-state index is 0.0729. The Morgan fingerprint density at radius 3 is 2.37 bits per heavy atom. The summed E-state index contributed by atoms with van der Waals surface area (Å²) in [4.78, 5) is 12.0. The molecule has 1 N–H and O–H groups in total. The van der Waals surface area contributed by atoms with Gasteiger partial charge in [0, 0.05) is 0 Å². The fourth-order valence-corrected chi connectivity index (χ4v) is 1.70. The molecular weight excluding hydrogens is 243 g/mol. The topological polar surface area (TPSA) is 52.9 Å². The van der Waals surface area contributed by atoms with Crippen LogP contribution in [0.5, 0.6) is 0 Å². The number of rotatable bonds is 3. The molecule has 94 valence electrons. The lowest BCUT2D eigenvalue weighted by atomic mass is 10.00. The number of carbonyl (C=O) groups excluding carboxylic acids is 1. The summed E-state index contributed by atoms with van der Waals surface area (Å²) in [5.41, 5.74) is 0.655. The van der Waals surface area contributed by atoms with Crippen molar-refractivity contribution in [2.24, 2.45) is 0 Å². The largest absolute Gasteiger partial charge is 0.322 e. The van der Waals surface area contributed by atoms with Gasteiger partial charge in [0.15, 0.2) is 5.92 Å². The fourth-order valence-electron chi connectivity index (χ4n) is 1.70. The van der Waals surface area contributed by atoms with Gasteiger partial charge in [0.2, 0.25) is 5.91 Å². The molecule has 0 fully saturated rings. The molecule has 0 aliphatic rings. The number of hydrogen-bond donors (Lipinski definition) is 1. The SMILES string of the molecule is N#CC(C(=O)Nc1ccccc1F)c1ccccc1. The highest BCUT2D eigenvalue weighted by atomic mass is 19.1. The first-order valence-electron chi connectivity index (χ1n) is 5.72. The summed E-state index contributed by atoms with van der Waals surface area (Å²) < 4.78 is 13.4. The zero-order valence-electron chi connectivity index (χ0n) is 10.0. The van der Waals surface area contributed by atoms with Crippen molar-refractivity contribution >= 4 is 11.6 Å². The Hall–Kier alpha value is -2.67. The quantitative estimate of drug-likeness (QED) is 0.915. The predicted octanol–water partition coefficient (Wildman–Crippen LogP) is 3.07. The predicted molar refractivity (Wildman–Crippen MR) is 69.8 cm³/mol. The lowest BCUT2D eigenvalue weighted by Gasteiger charge is -2.10. The van der Waals surface area contributed by atoms with Crippen molar-refractivity contribution in [1.82, 2.24) is 0 Å². The molecule has 0 radical (unpaired) electrons. The Bertz CT molecular complexity index is 620. The highest BCUT2D eigenvalue weighted by Gasteiger charge is 2.20. The maximum absolute atomic E-state index is 13.4. The van der Waals surface area contributed by atoms with E-state index in [-0.39, 0.29) is 5.69 Å². The van der Waals surface area contributed by atoms with Gasteiger partial charge in [-0.2, -0.15) is 5.26 Å². The third-order valence-corrected chi connectivity index (χ3v) is 2.66. The molecule has 0 heterocycles. The molecule has 1 amide bonds. The van der Waals surface area contributed by atoms with E-state index in [1.807, 2.05) is 6.07 Å². The first kappa shape index (κ1) is 12.8. The van der Waals surface area contributed by atoms with Crippen LogP contribution >= 0.6 is 0 Å². The van der Waals surface area contributed by atoms with Gasteiger partial charge in [-0.05, 0) is 17.7 Å². The van der Waals surface area contributed by atoms with Crippen molar-refractivity contribution in [3.63, 3.8) is 0 Å². The van der Waals surface area contributed by atoms with Crippen LogP contribution in [0.4, 0.5) is 10.1 Å². The minimum atomic E-state index is -0.958. The van der Waals surface area contributed by atoms with Crippen molar-refractivity contribution in [3.8, 4) is 6.07 Å². The molecular formula is C15H11FN2O. The summed E-state index contributed by atoms with van der Waals surface area (Å²) in [6.45, 7) is 0. The minimum Gasteiger partial charge on any atom is -0.322 e. The monoisotopic (exact) mass is 254 g/mol. The van der Waals surface area contributed by atoms with Crippen LogP contribution in [0.1, 0.15) is 11.5 Å². The van der Waals surface area contributed by atoms with Gasteiger partial charge < -0.3 is 5.32 Å². The highest BCUT2D eigenvalue weighted by molar-refractivity contribution is 5.97. The van der Waals surface area contributed by atoms with Crippen molar-refractivity contribution in [3.05, 3.63) is 66.0 Å². The number of nitrogens with one attached hydrogen (secondary N) is 1. The fraction of sp³-hybridized carbons (Fsp3) is 0.0667. The molecule has 2 rings (SSSR count). The number of benzene rings is 2. The smallest absolute Gasteiger partial charge is 0.246 e. The Labute approximate surface area is 110 Å². The average molecular weight is 254 g/mol. The maximum Gasteiger partial charge on any atom is 0.246 e. The molecule has 2 aromatic carbocycles. The van der Waals surface area contributed by atoms with Gasteiger partial charge in [-0.3, -0.25) is 4.79 Å². The van der Waals surface area contributed by atoms with Gasteiger partial charge in [0.1, 0.15) is 5.82 Å². The molecule has 0 saturated carbocycles. The van der Waals surface area contributed by atoms with Crippen LogP contribution in [-0.4, -0.2) is 5.91 Å². The molecule has 0 spiro atoms. The van der Waals surface area contributed by atoms with Gasteiger partial charge in [0.05, 0.1) is 11.8 Å². The van der Waals surface area contributed by atoms with E-state index < -0.39 is 17.6 Å². The number of carbonyl (C=O) groups is 1. The first-order chi connectivity index (χ1) is 9.22. The molecule has 1 unspecified atom stereocenters. The molecule has 0 aliphatic heterocycles. The van der Waals surface area contributed by atoms with Crippen LogP contribution in [0.15, 0.2) is 54.6 Å². The van der Waals surface area contributed by atoms with Gasteiger partial charge in [0.25, 0.3) is 0 Å². The molecule has 2 aromatic rings. The molecule has 0 saturated heterocycles. The molecule has 0 bridgehead atoms. The number of anilines is 1. The van der Waals surface area contributed by atoms with Gasteiger partial charge in [-0.25, -0.2) is 4.39 Å². The lowest BCUT2D eigenvalue weighted by molar-refractivity contribution is -0.116. The van der Waals surface area contributed by atoms with Crippen molar-refractivity contribution in [2.75, 3.05) is 5.32 Å². The van der Waals surface area contributed by atoms with E-state index in [0.29, 0.717) is 5.56 Å². The Balaban J connectivity index is 2.20. The van der Waals surface area contributed by atoms with Gasteiger partial charge in [-0.1, -0.05) is 42.5 Å². The Morgan fingerprint density at radius 2 is 1.74 bits per heavy atom. The number of nitrogens with zero attached hydrogens (tertiary/aromatic N) is 1. The van der Waals surface area contributed by atoms with Crippen molar-refractivity contribution < 1.29 is 9.18 Å². The number of nitriles is 1. The van der Waals surface area contributed by atoms with Gasteiger partial charge in [-0.15, -0.1) is 0 Å². The van der Waals surface area contributed by atoms with E-state index in [2.05, 4.69) is 5.32 Å². The van der Waals surface area contributed by atoms with Crippen molar-refractivity contribution in [2.45, 2.75) is 5.92 Å². The van der Waals surface area contributed by atoms with E-state index in [1.54, 1.807) is 36.4 Å². The third kappa shape index (κ3) is 2.96. The second kappa shape index (κ2) is 5.78. The second-order valence-electron chi connectivity index (χ2n) is 3.94. The molecule has 4 heteroatoms. The third-order valence-electron chi connectivity index (χ3n) is 2.66. The van der Waals surface area contributed by atoms with Crippen LogP contribution in [-0.2, 0) is 4.79 Å². The molecule has 0 aromatic heterocycles. The summed E-state index contributed by atoms with van der Waals surface area (Å²) in [6, 6.07) is 16.4. The zero-order valence-corrected chi connectivity index (χ0v) is 10.0. The zero-order chi connectivity index (χ0) is 13.7. The standard InChI is InChI=1S/C15H11FN2O/c16-13-8-4-5-9-14(13)18-15(19)12(10-17)11-6-2-1-3-7-11/h1-9,12H,(H,18,19). The van der Waals surface area contributed by atoms with Crippen LogP contribution in [0.25, 0.3) is 0 Å². The summed E-state index contributed by atoms with van der Waals surface area (Å²) in [6.07, 6.45) is 0. The molecule has 3 nitrogen and oxygen atoms in total. The summed E-state index contributed by atoms with van der Waals surface area (Å²) in [5, 5.41) is 11.5. The van der Waals surface area contributed by atoms with Crippen LogP contribution in [0.2, 0.25) is 0 Å². The molecule has 0 aliphatic carbocycles. The first-order valence-corrected chi connectivity index (χ1v) is 5.72. The summed E-state index contributed by atoms with van der Waals surface area (Å²) in [7, 11) is 0. The highest BCUT2D eigenvalue weighted by Crippen LogP contribution is 2.19.